The first kappa shape index (κ1) is 19.9. The van der Waals surface area contributed by atoms with Crippen LogP contribution in [0.3, 0.4) is 0 Å². The number of nitrogens with zero attached hydrogens (tertiary/aromatic N) is 3. The molecule has 1 heterocycles. The number of hydrogen-bond acceptors (Lipinski definition) is 4. The summed E-state index contributed by atoms with van der Waals surface area (Å²) in [6.07, 6.45) is 0. The van der Waals surface area contributed by atoms with Crippen LogP contribution in [0.25, 0.3) is 5.69 Å². The van der Waals surface area contributed by atoms with E-state index >= 15 is 0 Å². The maximum Gasteiger partial charge on any atom is 0.315 e. The number of hydrogen-bond donors (Lipinski definition) is 2. The molecule has 0 aliphatic rings. The second-order valence-corrected chi connectivity index (χ2v) is 7.44. The van der Waals surface area contributed by atoms with Gasteiger partial charge in [-0.05, 0) is 44.0 Å². The number of carbonyl (C=O) groups excluding carboxylic acids is 1. The van der Waals surface area contributed by atoms with Crippen LogP contribution < -0.4 is 10.6 Å². The molecule has 0 radical (unpaired) electrons. The van der Waals surface area contributed by atoms with Gasteiger partial charge in [0.2, 0.25) is 0 Å². The van der Waals surface area contributed by atoms with Gasteiger partial charge in [0.15, 0.2) is 11.0 Å². The van der Waals surface area contributed by atoms with Crippen molar-refractivity contribution in [1.82, 2.24) is 25.4 Å². The van der Waals surface area contributed by atoms with Crippen LogP contribution in [0.4, 0.5) is 4.79 Å². The number of rotatable bonds is 7. The van der Waals surface area contributed by atoms with Gasteiger partial charge < -0.3 is 10.6 Å². The molecule has 0 aliphatic heterocycles. The molecule has 2 amide bonds. The highest BCUT2D eigenvalue weighted by atomic mass is 32.2. The summed E-state index contributed by atoms with van der Waals surface area (Å²) >= 11 is 1.64. The molecule has 2 aromatic carbocycles. The van der Waals surface area contributed by atoms with Crippen LogP contribution in [0.1, 0.15) is 29.4 Å². The van der Waals surface area contributed by atoms with Crippen LogP contribution >= 0.6 is 11.8 Å². The average molecular weight is 396 g/mol. The van der Waals surface area contributed by atoms with Crippen molar-refractivity contribution < 1.29 is 4.79 Å². The third-order valence-corrected chi connectivity index (χ3v) is 5.33. The fourth-order valence-corrected chi connectivity index (χ4v) is 3.81. The fourth-order valence-electron chi connectivity index (χ4n) is 2.76. The minimum absolute atomic E-state index is 0.213. The number of carbonyl (C=O) groups is 1. The van der Waals surface area contributed by atoms with Crippen LogP contribution in [-0.4, -0.2) is 27.3 Å². The molecular formula is C21H25N5OS. The summed E-state index contributed by atoms with van der Waals surface area (Å²) in [6.45, 7) is 6.93. The third kappa shape index (κ3) is 4.92. The predicted molar refractivity (Wildman–Crippen MR) is 113 cm³/mol. The molecule has 0 unspecified atom stereocenters. The smallest absolute Gasteiger partial charge is 0.315 e. The molecule has 7 heteroatoms. The lowest BCUT2D eigenvalue weighted by atomic mass is 10.1. The number of aryl methyl sites for hydroxylation is 2. The molecule has 28 heavy (non-hydrogen) atoms. The quantitative estimate of drug-likeness (QED) is 0.593. The van der Waals surface area contributed by atoms with Crippen molar-refractivity contribution in [2.75, 3.05) is 6.54 Å². The zero-order valence-electron chi connectivity index (χ0n) is 16.4. The second kappa shape index (κ2) is 9.41. The summed E-state index contributed by atoms with van der Waals surface area (Å²) in [5.74, 6) is 1.50. The van der Waals surface area contributed by atoms with Gasteiger partial charge in [0.25, 0.3) is 0 Å². The van der Waals surface area contributed by atoms with Crippen molar-refractivity contribution in [2.24, 2.45) is 0 Å². The lowest BCUT2D eigenvalue weighted by molar-refractivity contribution is 0.240. The van der Waals surface area contributed by atoms with Gasteiger partial charge in [-0.1, -0.05) is 53.7 Å². The van der Waals surface area contributed by atoms with Gasteiger partial charge in [-0.2, -0.15) is 0 Å². The first-order valence-electron chi connectivity index (χ1n) is 9.28. The number of thioether (sulfide) groups is 1. The maximum atomic E-state index is 11.8. The highest BCUT2D eigenvalue weighted by Crippen LogP contribution is 2.26. The van der Waals surface area contributed by atoms with Crippen LogP contribution in [0.2, 0.25) is 0 Å². The normalized spacial score (nSPS) is 10.7. The molecule has 0 fully saturated rings. The van der Waals surface area contributed by atoms with E-state index < -0.39 is 0 Å². The number of benzene rings is 2. The van der Waals surface area contributed by atoms with E-state index in [4.69, 9.17) is 0 Å². The summed E-state index contributed by atoms with van der Waals surface area (Å²) in [4.78, 5) is 11.8. The fraction of sp³-hybridized carbons (Fsp3) is 0.286. The van der Waals surface area contributed by atoms with E-state index in [0.29, 0.717) is 18.9 Å². The summed E-state index contributed by atoms with van der Waals surface area (Å²) in [6, 6.07) is 16.3. The van der Waals surface area contributed by atoms with Crippen molar-refractivity contribution in [3.63, 3.8) is 0 Å². The largest absolute Gasteiger partial charge is 0.338 e. The SMILES string of the molecule is CCNC(=O)NCc1nnc(SCc2ccccc2C)n1-c1ccc(C)cc1. The minimum atomic E-state index is -0.213. The van der Waals surface area contributed by atoms with Gasteiger partial charge in [0.05, 0.1) is 6.54 Å². The molecule has 3 rings (SSSR count). The van der Waals surface area contributed by atoms with E-state index in [-0.39, 0.29) is 6.03 Å². The zero-order valence-corrected chi connectivity index (χ0v) is 17.2. The summed E-state index contributed by atoms with van der Waals surface area (Å²) < 4.78 is 2.01. The molecule has 1 aromatic heterocycles. The van der Waals surface area contributed by atoms with E-state index in [1.54, 1.807) is 11.8 Å². The average Bonchev–Trinajstić information content (AvgIpc) is 3.09. The van der Waals surface area contributed by atoms with Crippen molar-refractivity contribution in [3.8, 4) is 5.69 Å². The highest BCUT2D eigenvalue weighted by Gasteiger charge is 2.15. The van der Waals surface area contributed by atoms with Crippen molar-refractivity contribution >= 4 is 17.8 Å². The van der Waals surface area contributed by atoms with Gasteiger partial charge in [-0.3, -0.25) is 4.57 Å². The molecule has 0 spiro atoms. The molecule has 0 atom stereocenters. The molecular weight excluding hydrogens is 370 g/mol. The van der Waals surface area contributed by atoms with Gasteiger partial charge >= 0.3 is 6.03 Å². The Hall–Kier alpha value is -2.80. The summed E-state index contributed by atoms with van der Waals surface area (Å²) in [7, 11) is 0. The Balaban J connectivity index is 1.85. The van der Waals surface area contributed by atoms with E-state index in [1.807, 2.05) is 29.7 Å². The highest BCUT2D eigenvalue weighted by molar-refractivity contribution is 7.98. The summed E-state index contributed by atoms with van der Waals surface area (Å²) in [5.41, 5.74) is 4.70. The number of nitrogens with one attached hydrogen (secondary N) is 2. The molecule has 3 aromatic rings. The van der Waals surface area contributed by atoms with Crippen LogP contribution in [-0.2, 0) is 12.3 Å². The monoisotopic (exact) mass is 395 g/mol. The Labute approximate surface area is 169 Å². The predicted octanol–water partition coefficient (Wildman–Crippen LogP) is 4.00. The molecule has 0 bridgehead atoms. The van der Waals surface area contributed by atoms with Gasteiger partial charge in [0.1, 0.15) is 0 Å². The first-order valence-corrected chi connectivity index (χ1v) is 10.3. The second-order valence-electron chi connectivity index (χ2n) is 6.50. The van der Waals surface area contributed by atoms with Crippen LogP contribution in [0.5, 0.6) is 0 Å². The van der Waals surface area contributed by atoms with E-state index in [0.717, 1.165) is 16.6 Å². The molecule has 0 saturated heterocycles. The van der Waals surface area contributed by atoms with Crippen molar-refractivity contribution in [1.29, 1.82) is 0 Å². The standard InChI is InChI=1S/C21H25N5OS/c1-4-22-20(27)23-13-19-24-25-21(26(19)18-11-9-15(2)10-12-18)28-14-17-8-6-5-7-16(17)3/h5-12H,4,13-14H2,1-3H3,(H2,22,23,27). The first-order chi connectivity index (χ1) is 13.6. The Kier molecular flexibility index (Phi) is 6.71. The lowest BCUT2D eigenvalue weighted by Gasteiger charge is -2.12. The van der Waals surface area contributed by atoms with Crippen LogP contribution in [0.15, 0.2) is 53.7 Å². The molecule has 6 nitrogen and oxygen atoms in total. The van der Waals surface area contributed by atoms with Gasteiger partial charge in [-0.25, -0.2) is 4.79 Å². The topological polar surface area (TPSA) is 71.8 Å². The van der Waals surface area contributed by atoms with E-state index in [2.05, 4.69) is 65.0 Å². The Morgan fingerprint density at radius 1 is 1.04 bits per heavy atom. The molecule has 2 N–H and O–H groups in total. The maximum absolute atomic E-state index is 11.8. The van der Waals surface area contributed by atoms with Gasteiger partial charge in [-0.15, -0.1) is 10.2 Å². The lowest BCUT2D eigenvalue weighted by Crippen LogP contribution is -2.35. The molecule has 0 aliphatic carbocycles. The van der Waals surface area contributed by atoms with Crippen molar-refractivity contribution in [2.45, 2.75) is 38.2 Å². The van der Waals surface area contributed by atoms with E-state index in [1.165, 1.54) is 16.7 Å². The number of amides is 2. The number of aromatic nitrogens is 3. The Morgan fingerprint density at radius 3 is 2.50 bits per heavy atom. The number of urea groups is 1. The third-order valence-electron chi connectivity index (χ3n) is 4.35. The van der Waals surface area contributed by atoms with Crippen LogP contribution in [0, 0.1) is 13.8 Å². The molecule has 146 valence electrons. The van der Waals surface area contributed by atoms with Crippen molar-refractivity contribution in [3.05, 3.63) is 71.0 Å². The zero-order chi connectivity index (χ0) is 19.9. The summed E-state index contributed by atoms with van der Waals surface area (Å²) in [5, 5.41) is 15.1. The Morgan fingerprint density at radius 2 is 1.79 bits per heavy atom. The van der Waals surface area contributed by atoms with E-state index in [9.17, 15) is 4.79 Å². The minimum Gasteiger partial charge on any atom is -0.338 e. The van der Waals surface area contributed by atoms with Gasteiger partial charge in [0, 0.05) is 18.0 Å². The Bertz CT molecular complexity index is 936. The molecule has 0 saturated carbocycles.